The zero-order valence-electron chi connectivity index (χ0n) is 9.01. The molecule has 0 aliphatic heterocycles. The second-order valence-electron chi connectivity index (χ2n) is 3.52. The van der Waals surface area contributed by atoms with Crippen molar-refractivity contribution in [2.75, 3.05) is 0 Å². The summed E-state index contributed by atoms with van der Waals surface area (Å²) in [5.41, 5.74) is 1.92. The molecule has 0 bridgehead atoms. The summed E-state index contributed by atoms with van der Waals surface area (Å²) >= 11 is 5.68. The van der Waals surface area contributed by atoms with E-state index in [1.54, 1.807) is 6.07 Å². The summed E-state index contributed by atoms with van der Waals surface area (Å²) in [6.45, 7) is 1.83. The van der Waals surface area contributed by atoms with Crippen molar-refractivity contribution < 1.29 is 9.34 Å². The topological polar surface area (TPSA) is 69.2 Å². The minimum Gasteiger partial charge on any atom is -0.445 e. The summed E-state index contributed by atoms with van der Waals surface area (Å²) < 4.78 is 5.14. The average Bonchev–Trinajstić information content (AvgIpc) is 2.81. The molecule has 17 heavy (non-hydrogen) atoms. The van der Waals surface area contributed by atoms with Crippen molar-refractivity contribution in [3.63, 3.8) is 0 Å². The molecule has 0 radical (unpaired) electrons. The van der Waals surface area contributed by atoms with Gasteiger partial charge in [-0.15, -0.1) is 11.6 Å². The summed E-state index contributed by atoms with van der Waals surface area (Å²) in [7, 11) is 0. The van der Waals surface area contributed by atoms with Gasteiger partial charge in [-0.3, -0.25) is 10.1 Å². The van der Waals surface area contributed by atoms with Crippen LogP contribution < -0.4 is 0 Å². The molecule has 2 rings (SSSR count). The molecule has 0 atom stereocenters. The Kier molecular flexibility index (Phi) is 3.10. The molecule has 0 saturated heterocycles. The Balaban J connectivity index is 2.62. The predicted octanol–water partition coefficient (Wildman–Crippen LogP) is 3.30. The van der Waals surface area contributed by atoms with Crippen LogP contribution in [0.3, 0.4) is 0 Å². The first kappa shape index (κ1) is 11.6. The van der Waals surface area contributed by atoms with Gasteiger partial charge in [0.1, 0.15) is 6.26 Å². The van der Waals surface area contributed by atoms with Crippen molar-refractivity contribution in [3.8, 4) is 11.5 Å². The highest BCUT2D eigenvalue weighted by atomic mass is 35.5. The number of hydrogen-bond donors (Lipinski definition) is 0. The Morgan fingerprint density at radius 1 is 1.53 bits per heavy atom. The molecule has 0 fully saturated rings. The highest BCUT2D eigenvalue weighted by Crippen LogP contribution is 2.30. The smallest absolute Gasteiger partial charge is 0.274 e. The number of oxazole rings is 1. The van der Waals surface area contributed by atoms with Crippen LogP contribution >= 0.6 is 11.6 Å². The first-order chi connectivity index (χ1) is 8.13. The Morgan fingerprint density at radius 2 is 2.29 bits per heavy atom. The van der Waals surface area contributed by atoms with Gasteiger partial charge in [-0.2, -0.15) is 0 Å². The third-order valence-electron chi connectivity index (χ3n) is 2.43. The molecule has 0 unspecified atom stereocenters. The van der Waals surface area contributed by atoms with Crippen LogP contribution in [-0.4, -0.2) is 9.91 Å². The number of halogens is 1. The number of rotatable bonds is 3. The van der Waals surface area contributed by atoms with Gasteiger partial charge >= 0.3 is 0 Å². The molecule has 0 saturated carbocycles. The number of benzene rings is 1. The van der Waals surface area contributed by atoms with Gasteiger partial charge in [0, 0.05) is 17.2 Å². The zero-order chi connectivity index (χ0) is 12.4. The SMILES string of the molecule is Cc1cc(CCl)c([N+](=O)[O-])cc1-c1ncco1. The van der Waals surface area contributed by atoms with E-state index in [0.717, 1.165) is 5.56 Å². The number of alkyl halides is 1. The van der Waals surface area contributed by atoms with Crippen LogP contribution in [0, 0.1) is 17.0 Å². The average molecular weight is 253 g/mol. The Labute approximate surface area is 102 Å². The predicted molar refractivity (Wildman–Crippen MR) is 62.9 cm³/mol. The van der Waals surface area contributed by atoms with Crippen LogP contribution in [0.4, 0.5) is 5.69 Å². The lowest BCUT2D eigenvalue weighted by Crippen LogP contribution is -1.96. The third kappa shape index (κ3) is 2.14. The van der Waals surface area contributed by atoms with Crippen LogP contribution in [0.1, 0.15) is 11.1 Å². The molecule has 2 aromatic rings. The van der Waals surface area contributed by atoms with E-state index in [0.29, 0.717) is 17.0 Å². The Hall–Kier alpha value is -1.88. The minimum absolute atomic E-state index is 0.0150. The Morgan fingerprint density at radius 3 is 2.82 bits per heavy atom. The molecule has 6 heteroatoms. The van der Waals surface area contributed by atoms with Gasteiger partial charge in [-0.25, -0.2) is 4.98 Å². The van der Waals surface area contributed by atoms with Gasteiger partial charge in [0.25, 0.3) is 5.69 Å². The summed E-state index contributed by atoms with van der Waals surface area (Å²) in [6.07, 6.45) is 2.92. The first-order valence-electron chi connectivity index (χ1n) is 4.87. The molecule has 88 valence electrons. The van der Waals surface area contributed by atoms with Crippen LogP contribution in [0.25, 0.3) is 11.5 Å². The molecule has 1 heterocycles. The quantitative estimate of drug-likeness (QED) is 0.477. The van der Waals surface area contributed by atoms with Gasteiger partial charge in [0.05, 0.1) is 17.0 Å². The number of nitro groups is 1. The summed E-state index contributed by atoms with van der Waals surface area (Å²) in [5, 5.41) is 10.9. The monoisotopic (exact) mass is 252 g/mol. The van der Waals surface area contributed by atoms with E-state index in [2.05, 4.69) is 4.98 Å². The molecule has 1 aromatic carbocycles. The zero-order valence-corrected chi connectivity index (χ0v) is 9.77. The highest BCUT2D eigenvalue weighted by Gasteiger charge is 2.18. The number of nitro benzene ring substituents is 1. The van der Waals surface area contributed by atoms with Gasteiger partial charge in [-0.05, 0) is 18.6 Å². The molecule has 5 nitrogen and oxygen atoms in total. The van der Waals surface area contributed by atoms with E-state index < -0.39 is 4.92 Å². The lowest BCUT2D eigenvalue weighted by Gasteiger charge is -2.05. The largest absolute Gasteiger partial charge is 0.445 e. The second kappa shape index (κ2) is 4.55. The van der Waals surface area contributed by atoms with Gasteiger partial charge < -0.3 is 4.42 Å². The molecule has 0 amide bonds. The maximum absolute atomic E-state index is 10.9. The third-order valence-corrected chi connectivity index (χ3v) is 2.72. The second-order valence-corrected chi connectivity index (χ2v) is 3.79. The first-order valence-corrected chi connectivity index (χ1v) is 5.40. The lowest BCUT2D eigenvalue weighted by molar-refractivity contribution is -0.385. The summed E-state index contributed by atoms with van der Waals surface area (Å²) in [6, 6.07) is 3.13. The number of aromatic nitrogens is 1. The van der Waals surface area contributed by atoms with Gasteiger partial charge in [-0.1, -0.05) is 0 Å². The molecular formula is C11H9ClN2O3. The van der Waals surface area contributed by atoms with Crippen LogP contribution in [0.15, 0.2) is 29.0 Å². The van der Waals surface area contributed by atoms with Crippen LogP contribution in [-0.2, 0) is 5.88 Å². The van der Waals surface area contributed by atoms with E-state index in [4.69, 9.17) is 16.0 Å². The molecule has 0 spiro atoms. The van der Waals surface area contributed by atoms with Crippen molar-refractivity contribution in [2.45, 2.75) is 12.8 Å². The van der Waals surface area contributed by atoms with E-state index in [9.17, 15) is 10.1 Å². The van der Waals surface area contributed by atoms with Crippen LogP contribution in [0.2, 0.25) is 0 Å². The molecule has 0 aliphatic rings. The normalized spacial score (nSPS) is 10.5. The van der Waals surface area contributed by atoms with Gasteiger partial charge in [0.15, 0.2) is 0 Å². The minimum atomic E-state index is -0.455. The van der Waals surface area contributed by atoms with Crippen molar-refractivity contribution in [2.24, 2.45) is 0 Å². The van der Waals surface area contributed by atoms with E-state index in [1.807, 2.05) is 6.92 Å². The number of aryl methyl sites for hydroxylation is 1. The standard InChI is InChI=1S/C11H9ClN2O3/c1-7-4-8(6-12)10(14(15)16)5-9(7)11-13-2-3-17-11/h2-5H,6H2,1H3. The lowest BCUT2D eigenvalue weighted by atomic mass is 10.0. The molecule has 0 aliphatic carbocycles. The van der Waals surface area contributed by atoms with E-state index in [-0.39, 0.29) is 11.6 Å². The number of nitrogens with zero attached hydrogens (tertiary/aromatic N) is 2. The van der Waals surface area contributed by atoms with Crippen molar-refractivity contribution in [1.82, 2.24) is 4.98 Å². The number of hydrogen-bond acceptors (Lipinski definition) is 4. The molecule has 0 N–H and O–H groups in total. The fourth-order valence-electron chi connectivity index (χ4n) is 1.62. The maximum atomic E-state index is 10.9. The fraction of sp³-hybridized carbons (Fsp3) is 0.182. The van der Waals surface area contributed by atoms with Crippen molar-refractivity contribution >= 4 is 17.3 Å². The van der Waals surface area contributed by atoms with Crippen LogP contribution in [0.5, 0.6) is 0 Å². The van der Waals surface area contributed by atoms with Crippen molar-refractivity contribution in [3.05, 3.63) is 45.8 Å². The van der Waals surface area contributed by atoms with E-state index >= 15 is 0 Å². The molecular weight excluding hydrogens is 244 g/mol. The highest BCUT2D eigenvalue weighted by molar-refractivity contribution is 6.17. The summed E-state index contributed by atoms with van der Waals surface area (Å²) in [5.74, 6) is 0.468. The van der Waals surface area contributed by atoms with E-state index in [1.165, 1.54) is 18.5 Å². The van der Waals surface area contributed by atoms with Gasteiger partial charge in [0.2, 0.25) is 5.89 Å². The molecule has 1 aromatic heterocycles. The van der Waals surface area contributed by atoms with Crippen molar-refractivity contribution in [1.29, 1.82) is 0 Å². The summed E-state index contributed by atoms with van der Waals surface area (Å²) in [4.78, 5) is 14.4. The maximum Gasteiger partial charge on any atom is 0.274 e. The Bertz CT molecular complexity index is 552. The fourth-order valence-corrected chi connectivity index (χ4v) is 1.83.